The lowest BCUT2D eigenvalue weighted by Crippen LogP contribution is -2.21. The molecular formula is C11H14ClNO2. The quantitative estimate of drug-likeness (QED) is 0.804. The van der Waals surface area contributed by atoms with E-state index >= 15 is 0 Å². The summed E-state index contributed by atoms with van der Waals surface area (Å²) in [7, 11) is 1.39. The van der Waals surface area contributed by atoms with Gasteiger partial charge < -0.3 is 10.1 Å². The topological polar surface area (TPSA) is 38.3 Å². The van der Waals surface area contributed by atoms with Crippen molar-refractivity contribution in [3.05, 3.63) is 29.3 Å². The van der Waals surface area contributed by atoms with Gasteiger partial charge in [0.05, 0.1) is 13.0 Å². The number of benzene rings is 1. The molecule has 0 aliphatic carbocycles. The number of carbonyl (C=O) groups excluding carboxylic acids is 1. The Kier molecular flexibility index (Phi) is 4.43. The number of esters is 1. The van der Waals surface area contributed by atoms with Gasteiger partial charge in [0.25, 0.3) is 0 Å². The van der Waals surface area contributed by atoms with Gasteiger partial charge in [0.1, 0.15) is 0 Å². The third-order valence-corrected chi connectivity index (χ3v) is 2.31. The molecule has 0 aliphatic rings. The van der Waals surface area contributed by atoms with E-state index in [1.807, 2.05) is 19.1 Å². The number of anilines is 1. The van der Waals surface area contributed by atoms with Crippen molar-refractivity contribution in [1.29, 1.82) is 0 Å². The molecule has 1 aromatic carbocycles. The fourth-order valence-electron chi connectivity index (χ4n) is 1.12. The van der Waals surface area contributed by atoms with Crippen LogP contribution in [0.1, 0.15) is 6.92 Å². The van der Waals surface area contributed by atoms with E-state index in [4.69, 9.17) is 11.6 Å². The van der Waals surface area contributed by atoms with Gasteiger partial charge in [-0.3, -0.25) is 4.79 Å². The van der Waals surface area contributed by atoms with Crippen molar-refractivity contribution in [1.82, 2.24) is 0 Å². The minimum absolute atomic E-state index is 0.161. The number of nitrogens with one attached hydrogen (secondary N) is 1. The van der Waals surface area contributed by atoms with Crippen LogP contribution in [0.15, 0.2) is 24.3 Å². The highest BCUT2D eigenvalue weighted by molar-refractivity contribution is 6.30. The fourth-order valence-corrected chi connectivity index (χ4v) is 1.25. The SMILES string of the molecule is COC(=O)C(C)CNc1ccc(Cl)cc1. The number of hydrogen-bond acceptors (Lipinski definition) is 3. The smallest absolute Gasteiger partial charge is 0.310 e. The predicted octanol–water partition coefficient (Wildman–Crippen LogP) is 2.56. The maximum atomic E-state index is 11.1. The zero-order chi connectivity index (χ0) is 11.3. The summed E-state index contributed by atoms with van der Waals surface area (Å²) in [6.07, 6.45) is 0. The highest BCUT2D eigenvalue weighted by Gasteiger charge is 2.11. The van der Waals surface area contributed by atoms with E-state index < -0.39 is 0 Å². The zero-order valence-electron chi connectivity index (χ0n) is 8.79. The first-order valence-electron chi connectivity index (χ1n) is 4.70. The molecule has 0 aliphatic heterocycles. The lowest BCUT2D eigenvalue weighted by Gasteiger charge is -2.11. The molecule has 0 saturated heterocycles. The highest BCUT2D eigenvalue weighted by atomic mass is 35.5. The van der Waals surface area contributed by atoms with Crippen molar-refractivity contribution < 1.29 is 9.53 Å². The van der Waals surface area contributed by atoms with Crippen molar-refractivity contribution in [3.63, 3.8) is 0 Å². The molecule has 15 heavy (non-hydrogen) atoms. The number of rotatable bonds is 4. The van der Waals surface area contributed by atoms with Crippen molar-refractivity contribution in [2.75, 3.05) is 19.0 Å². The molecule has 0 heterocycles. The van der Waals surface area contributed by atoms with E-state index in [1.165, 1.54) is 7.11 Å². The molecule has 4 heteroatoms. The number of methoxy groups -OCH3 is 1. The molecule has 0 fully saturated rings. The summed E-state index contributed by atoms with van der Waals surface area (Å²) in [6.45, 7) is 2.36. The van der Waals surface area contributed by atoms with Crippen molar-refractivity contribution in [2.45, 2.75) is 6.92 Å². The van der Waals surface area contributed by atoms with E-state index in [-0.39, 0.29) is 11.9 Å². The van der Waals surface area contributed by atoms with Crippen LogP contribution in [0.4, 0.5) is 5.69 Å². The standard InChI is InChI=1S/C11H14ClNO2/c1-8(11(14)15-2)7-13-10-5-3-9(12)4-6-10/h3-6,8,13H,7H2,1-2H3. The fraction of sp³-hybridized carbons (Fsp3) is 0.364. The molecule has 1 aromatic rings. The Hall–Kier alpha value is -1.22. The summed E-state index contributed by atoms with van der Waals surface area (Å²) in [5, 5.41) is 3.82. The van der Waals surface area contributed by atoms with Gasteiger partial charge in [0.15, 0.2) is 0 Å². The van der Waals surface area contributed by atoms with Crippen LogP contribution >= 0.6 is 11.6 Å². The third kappa shape index (κ3) is 3.80. The largest absolute Gasteiger partial charge is 0.469 e. The number of halogens is 1. The van der Waals surface area contributed by atoms with E-state index in [0.29, 0.717) is 11.6 Å². The first-order valence-corrected chi connectivity index (χ1v) is 5.08. The zero-order valence-corrected chi connectivity index (χ0v) is 9.54. The Balaban J connectivity index is 2.43. The van der Waals surface area contributed by atoms with Crippen LogP contribution in [0.25, 0.3) is 0 Å². The van der Waals surface area contributed by atoms with Gasteiger partial charge >= 0.3 is 5.97 Å². The number of hydrogen-bond donors (Lipinski definition) is 1. The minimum atomic E-state index is -0.212. The minimum Gasteiger partial charge on any atom is -0.469 e. The van der Waals surface area contributed by atoms with Crippen LogP contribution < -0.4 is 5.32 Å². The van der Waals surface area contributed by atoms with Gasteiger partial charge in [0, 0.05) is 17.3 Å². The molecule has 0 amide bonds. The monoisotopic (exact) mass is 227 g/mol. The molecule has 1 rings (SSSR count). The van der Waals surface area contributed by atoms with Crippen LogP contribution in [-0.2, 0) is 9.53 Å². The van der Waals surface area contributed by atoms with Gasteiger partial charge in [-0.15, -0.1) is 0 Å². The molecule has 82 valence electrons. The lowest BCUT2D eigenvalue weighted by molar-refractivity contribution is -0.144. The Morgan fingerprint density at radius 2 is 2.07 bits per heavy atom. The van der Waals surface area contributed by atoms with Crippen LogP contribution in [0, 0.1) is 5.92 Å². The molecule has 3 nitrogen and oxygen atoms in total. The normalized spacial score (nSPS) is 11.9. The van der Waals surface area contributed by atoms with Crippen LogP contribution in [0.5, 0.6) is 0 Å². The highest BCUT2D eigenvalue weighted by Crippen LogP contribution is 2.13. The Morgan fingerprint density at radius 1 is 1.47 bits per heavy atom. The second-order valence-electron chi connectivity index (χ2n) is 3.31. The van der Waals surface area contributed by atoms with Gasteiger partial charge in [-0.05, 0) is 24.3 Å². The molecule has 0 spiro atoms. The molecule has 1 atom stereocenters. The summed E-state index contributed by atoms with van der Waals surface area (Å²) in [4.78, 5) is 11.1. The maximum absolute atomic E-state index is 11.1. The predicted molar refractivity (Wildman–Crippen MR) is 61.1 cm³/mol. The molecule has 1 N–H and O–H groups in total. The van der Waals surface area contributed by atoms with Crippen LogP contribution in [-0.4, -0.2) is 19.6 Å². The van der Waals surface area contributed by atoms with Gasteiger partial charge in [0.2, 0.25) is 0 Å². The van der Waals surface area contributed by atoms with Gasteiger partial charge in [-0.1, -0.05) is 18.5 Å². The number of carbonyl (C=O) groups is 1. The van der Waals surface area contributed by atoms with E-state index in [9.17, 15) is 4.79 Å². The van der Waals surface area contributed by atoms with E-state index in [1.54, 1.807) is 12.1 Å². The van der Waals surface area contributed by atoms with Crippen molar-refractivity contribution in [3.8, 4) is 0 Å². The summed E-state index contributed by atoms with van der Waals surface area (Å²) in [5.41, 5.74) is 0.940. The van der Waals surface area contributed by atoms with E-state index in [0.717, 1.165) is 5.69 Å². The molecule has 1 unspecified atom stereocenters. The summed E-state index contributed by atoms with van der Waals surface area (Å²) >= 11 is 5.75. The molecular weight excluding hydrogens is 214 g/mol. The molecule has 0 aromatic heterocycles. The summed E-state index contributed by atoms with van der Waals surface area (Å²) in [5.74, 6) is -0.373. The van der Waals surface area contributed by atoms with Crippen LogP contribution in [0.3, 0.4) is 0 Å². The third-order valence-electron chi connectivity index (χ3n) is 2.06. The molecule has 0 radical (unpaired) electrons. The average molecular weight is 228 g/mol. The maximum Gasteiger partial charge on any atom is 0.310 e. The Labute approximate surface area is 94.4 Å². The summed E-state index contributed by atoms with van der Waals surface area (Å²) < 4.78 is 4.62. The van der Waals surface area contributed by atoms with Crippen LogP contribution in [0.2, 0.25) is 5.02 Å². The first kappa shape index (κ1) is 11.9. The second-order valence-corrected chi connectivity index (χ2v) is 3.75. The van der Waals surface area contributed by atoms with Gasteiger partial charge in [-0.2, -0.15) is 0 Å². The first-order chi connectivity index (χ1) is 7.13. The van der Waals surface area contributed by atoms with E-state index in [2.05, 4.69) is 10.1 Å². The molecule has 0 bridgehead atoms. The van der Waals surface area contributed by atoms with Crippen molar-refractivity contribution >= 4 is 23.3 Å². The summed E-state index contributed by atoms with van der Waals surface area (Å²) in [6, 6.07) is 7.33. The average Bonchev–Trinajstić information content (AvgIpc) is 2.26. The van der Waals surface area contributed by atoms with Gasteiger partial charge in [-0.25, -0.2) is 0 Å². The molecule has 0 saturated carbocycles. The Bertz CT molecular complexity index is 324. The second kappa shape index (κ2) is 5.61. The number of ether oxygens (including phenoxy) is 1. The Morgan fingerprint density at radius 3 is 2.60 bits per heavy atom. The lowest BCUT2D eigenvalue weighted by atomic mass is 10.2. The van der Waals surface area contributed by atoms with Crippen molar-refractivity contribution in [2.24, 2.45) is 5.92 Å².